The Morgan fingerprint density at radius 1 is 1.05 bits per heavy atom. The number of rotatable bonds is 4. The third-order valence-electron chi connectivity index (χ3n) is 4.54. The van der Waals surface area contributed by atoms with Gasteiger partial charge < -0.3 is 5.32 Å². The second-order valence-corrected chi connectivity index (χ2v) is 6.07. The Bertz CT molecular complexity index is 509. The number of carbonyl (C=O) groups excluding carboxylic acids is 2. The summed E-state index contributed by atoms with van der Waals surface area (Å²) in [5, 5.41) is 3.32. The van der Waals surface area contributed by atoms with Gasteiger partial charge in [0.25, 0.3) is 5.91 Å². The third-order valence-corrected chi connectivity index (χ3v) is 4.54. The lowest BCUT2D eigenvalue weighted by Crippen LogP contribution is -2.41. The Hall–Kier alpha value is -1.68. The SMILES string of the molecule is O=C1C[C@@H](NCC2CCCCC2)C(=O)N1c1ccccc1. The number of para-hydroxylation sites is 1. The van der Waals surface area contributed by atoms with Gasteiger partial charge in [-0.25, -0.2) is 4.90 Å². The number of hydrogen-bond acceptors (Lipinski definition) is 3. The lowest BCUT2D eigenvalue weighted by Gasteiger charge is -2.23. The first kappa shape index (κ1) is 14.3. The van der Waals surface area contributed by atoms with E-state index in [4.69, 9.17) is 0 Å². The number of nitrogens with one attached hydrogen (secondary N) is 1. The van der Waals surface area contributed by atoms with Crippen LogP contribution in [-0.4, -0.2) is 24.4 Å². The minimum absolute atomic E-state index is 0.104. The van der Waals surface area contributed by atoms with E-state index in [2.05, 4.69) is 5.32 Å². The van der Waals surface area contributed by atoms with Gasteiger partial charge in [0.2, 0.25) is 5.91 Å². The minimum Gasteiger partial charge on any atom is -0.305 e. The molecule has 21 heavy (non-hydrogen) atoms. The van der Waals surface area contributed by atoms with Gasteiger partial charge >= 0.3 is 0 Å². The molecule has 3 rings (SSSR count). The van der Waals surface area contributed by atoms with Crippen LogP contribution in [0.1, 0.15) is 38.5 Å². The minimum atomic E-state index is -0.348. The number of amides is 2. The van der Waals surface area contributed by atoms with E-state index in [0.717, 1.165) is 6.54 Å². The third kappa shape index (κ3) is 3.16. The van der Waals surface area contributed by atoms with Crippen LogP contribution in [0.15, 0.2) is 30.3 Å². The van der Waals surface area contributed by atoms with Crippen molar-refractivity contribution in [1.29, 1.82) is 0 Å². The summed E-state index contributed by atoms with van der Waals surface area (Å²) in [4.78, 5) is 25.9. The van der Waals surface area contributed by atoms with Gasteiger partial charge in [0, 0.05) is 0 Å². The molecule has 1 saturated carbocycles. The van der Waals surface area contributed by atoms with Crippen LogP contribution < -0.4 is 10.2 Å². The summed E-state index contributed by atoms with van der Waals surface area (Å²) in [5.74, 6) is 0.446. The topological polar surface area (TPSA) is 49.4 Å². The largest absolute Gasteiger partial charge is 0.305 e. The number of imide groups is 1. The van der Waals surface area contributed by atoms with E-state index in [0.29, 0.717) is 11.6 Å². The van der Waals surface area contributed by atoms with E-state index in [1.165, 1.54) is 37.0 Å². The molecule has 4 heteroatoms. The van der Waals surface area contributed by atoms with Crippen LogP contribution in [0.4, 0.5) is 5.69 Å². The van der Waals surface area contributed by atoms with Crippen LogP contribution in [0.2, 0.25) is 0 Å². The maximum Gasteiger partial charge on any atom is 0.251 e. The highest BCUT2D eigenvalue weighted by Crippen LogP contribution is 2.25. The van der Waals surface area contributed by atoms with Crippen molar-refractivity contribution in [2.45, 2.75) is 44.6 Å². The molecule has 1 heterocycles. The van der Waals surface area contributed by atoms with Gasteiger partial charge in [0.1, 0.15) is 0 Å². The first-order valence-electron chi connectivity index (χ1n) is 7.91. The van der Waals surface area contributed by atoms with Gasteiger partial charge in [0.15, 0.2) is 0 Å². The van der Waals surface area contributed by atoms with E-state index in [9.17, 15) is 9.59 Å². The fraction of sp³-hybridized carbons (Fsp3) is 0.529. The van der Waals surface area contributed by atoms with Crippen LogP contribution in [0.3, 0.4) is 0 Å². The molecule has 1 aromatic rings. The molecule has 2 amide bonds. The highest BCUT2D eigenvalue weighted by Gasteiger charge is 2.39. The summed E-state index contributed by atoms with van der Waals surface area (Å²) in [6, 6.07) is 8.84. The molecule has 1 atom stereocenters. The Balaban J connectivity index is 1.61. The Morgan fingerprint density at radius 2 is 1.76 bits per heavy atom. The zero-order chi connectivity index (χ0) is 14.7. The molecular formula is C17H22N2O2. The number of benzene rings is 1. The fourth-order valence-electron chi connectivity index (χ4n) is 3.34. The molecule has 0 bridgehead atoms. The average Bonchev–Trinajstić information content (AvgIpc) is 2.81. The summed E-state index contributed by atoms with van der Waals surface area (Å²) in [5.41, 5.74) is 0.675. The normalized spacial score (nSPS) is 23.8. The Kier molecular flexibility index (Phi) is 4.34. The maximum atomic E-state index is 12.4. The van der Waals surface area contributed by atoms with Gasteiger partial charge in [-0.05, 0) is 37.4 Å². The summed E-state index contributed by atoms with van der Waals surface area (Å²) in [7, 11) is 0. The second-order valence-electron chi connectivity index (χ2n) is 6.07. The van der Waals surface area contributed by atoms with Crippen molar-refractivity contribution >= 4 is 17.5 Å². The number of carbonyl (C=O) groups is 2. The first-order valence-corrected chi connectivity index (χ1v) is 7.91. The maximum absolute atomic E-state index is 12.4. The van der Waals surface area contributed by atoms with Crippen molar-refractivity contribution in [1.82, 2.24) is 5.32 Å². The van der Waals surface area contributed by atoms with Crippen LogP contribution in [-0.2, 0) is 9.59 Å². The van der Waals surface area contributed by atoms with Crippen molar-refractivity contribution in [3.8, 4) is 0 Å². The molecule has 1 aliphatic carbocycles. The number of nitrogens with zero attached hydrogens (tertiary/aromatic N) is 1. The molecule has 1 aliphatic heterocycles. The van der Waals surface area contributed by atoms with E-state index in [1.54, 1.807) is 12.1 Å². The van der Waals surface area contributed by atoms with Crippen molar-refractivity contribution in [3.63, 3.8) is 0 Å². The second kappa shape index (κ2) is 6.39. The Morgan fingerprint density at radius 3 is 2.48 bits per heavy atom. The molecule has 2 fully saturated rings. The van der Waals surface area contributed by atoms with Crippen LogP contribution in [0, 0.1) is 5.92 Å². The monoisotopic (exact) mass is 286 g/mol. The van der Waals surface area contributed by atoms with Crippen molar-refractivity contribution in [3.05, 3.63) is 30.3 Å². The molecule has 2 aliphatic rings. The average molecular weight is 286 g/mol. The van der Waals surface area contributed by atoms with Gasteiger partial charge in [-0.1, -0.05) is 37.5 Å². The summed E-state index contributed by atoms with van der Waals surface area (Å²) >= 11 is 0. The quantitative estimate of drug-likeness (QED) is 0.865. The predicted molar refractivity (Wildman–Crippen MR) is 81.9 cm³/mol. The van der Waals surface area contributed by atoms with E-state index >= 15 is 0 Å². The van der Waals surface area contributed by atoms with Gasteiger partial charge in [0.05, 0.1) is 18.2 Å². The molecule has 0 radical (unpaired) electrons. The zero-order valence-electron chi connectivity index (χ0n) is 12.3. The molecule has 1 N–H and O–H groups in total. The van der Waals surface area contributed by atoms with Crippen molar-refractivity contribution in [2.75, 3.05) is 11.4 Å². The van der Waals surface area contributed by atoms with Crippen LogP contribution in [0.5, 0.6) is 0 Å². The molecule has 1 aromatic carbocycles. The standard InChI is InChI=1S/C17H22N2O2/c20-16-11-15(18-12-13-7-3-1-4-8-13)17(21)19(16)14-9-5-2-6-10-14/h2,5-6,9-10,13,15,18H,1,3-4,7-8,11-12H2/t15-/m1/s1. The van der Waals surface area contributed by atoms with Crippen molar-refractivity contribution in [2.24, 2.45) is 5.92 Å². The molecule has 112 valence electrons. The van der Waals surface area contributed by atoms with Gasteiger partial charge in [-0.15, -0.1) is 0 Å². The van der Waals surface area contributed by atoms with Gasteiger partial charge in [-0.2, -0.15) is 0 Å². The predicted octanol–water partition coefficient (Wildman–Crippen LogP) is 2.49. The number of anilines is 1. The number of hydrogen-bond donors (Lipinski definition) is 1. The lowest BCUT2D eigenvalue weighted by molar-refractivity contribution is -0.121. The first-order chi connectivity index (χ1) is 10.3. The van der Waals surface area contributed by atoms with E-state index in [1.807, 2.05) is 18.2 Å². The summed E-state index contributed by atoms with van der Waals surface area (Å²) < 4.78 is 0. The fourth-order valence-corrected chi connectivity index (χ4v) is 3.34. The molecule has 0 unspecified atom stereocenters. The van der Waals surface area contributed by atoms with Crippen molar-refractivity contribution < 1.29 is 9.59 Å². The zero-order valence-corrected chi connectivity index (χ0v) is 12.3. The smallest absolute Gasteiger partial charge is 0.251 e. The Labute approximate surface area is 125 Å². The molecule has 4 nitrogen and oxygen atoms in total. The lowest BCUT2D eigenvalue weighted by atomic mass is 9.89. The highest BCUT2D eigenvalue weighted by atomic mass is 16.2. The summed E-state index contributed by atoms with van der Waals surface area (Å²) in [6.07, 6.45) is 6.67. The van der Waals surface area contributed by atoms with Gasteiger partial charge in [-0.3, -0.25) is 9.59 Å². The molecule has 0 aromatic heterocycles. The van der Waals surface area contributed by atoms with Crippen LogP contribution in [0.25, 0.3) is 0 Å². The van der Waals surface area contributed by atoms with Crippen LogP contribution >= 0.6 is 0 Å². The summed E-state index contributed by atoms with van der Waals surface area (Å²) in [6.45, 7) is 0.853. The molecular weight excluding hydrogens is 264 g/mol. The van der Waals surface area contributed by atoms with E-state index < -0.39 is 0 Å². The van der Waals surface area contributed by atoms with E-state index in [-0.39, 0.29) is 24.3 Å². The molecule has 0 spiro atoms. The molecule has 1 saturated heterocycles. The highest BCUT2D eigenvalue weighted by molar-refractivity contribution is 6.22.